The molecule has 100 valence electrons. The summed E-state index contributed by atoms with van der Waals surface area (Å²) >= 11 is 1.72. The van der Waals surface area contributed by atoms with Gasteiger partial charge in [-0.15, -0.1) is 11.3 Å². The predicted molar refractivity (Wildman–Crippen MR) is 73.8 cm³/mol. The highest BCUT2D eigenvalue weighted by molar-refractivity contribution is 7.11. The Morgan fingerprint density at radius 3 is 2.56 bits per heavy atom. The van der Waals surface area contributed by atoms with Crippen molar-refractivity contribution >= 4 is 11.3 Å². The summed E-state index contributed by atoms with van der Waals surface area (Å²) in [5, 5.41) is 11.5. The molecule has 4 heteroatoms. The molecule has 1 aliphatic carbocycles. The summed E-state index contributed by atoms with van der Waals surface area (Å²) in [6.07, 6.45) is 5.13. The highest BCUT2D eigenvalue weighted by atomic mass is 32.1. The minimum atomic E-state index is -0.737. The number of aromatic nitrogens is 1. The van der Waals surface area contributed by atoms with E-state index in [0.29, 0.717) is 5.92 Å². The number of aliphatic hydroxyl groups is 1. The summed E-state index contributed by atoms with van der Waals surface area (Å²) in [4.78, 5) is 8.39. The Hall–Kier alpha value is -0.450. The minimum absolute atomic E-state index is 0.620. The van der Waals surface area contributed by atoms with Crippen LogP contribution in [0.1, 0.15) is 61.0 Å². The van der Waals surface area contributed by atoms with E-state index in [1.165, 1.54) is 49.5 Å². The van der Waals surface area contributed by atoms with Crippen LogP contribution in [-0.4, -0.2) is 28.1 Å². The summed E-state index contributed by atoms with van der Waals surface area (Å²) in [5.74, 6) is 0.620. The molecule has 0 bridgehead atoms. The number of rotatable bonds is 4. The van der Waals surface area contributed by atoms with Crippen molar-refractivity contribution in [2.24, 2.45) is 0 Å². The first-order valence-electron chi connectivity index (χ1n) is 6.99. The van der Waals surface area contributed by atoms with Gasteiger partial charge in [-0.05, 0) is 52.6 Å². The summed E-state index contributed by atoms with van der Waals surface area (Å²) in [5.41, 5.74) is 0.445. The number of likely N-dealkylation sites (tertiary alicyclic amines) is 1. The summed E-state index contributed by atoms with van der Waals surface area (Å²) in [7, 11) is 0. The van der Waals surface area contributed by atoms with Crippen LogP contribution in [0.15, 0.2) is 0 Å². The molecule has 1 saturated carbocycles. The van der Waals surface area contributed by atoms with E-state index in [1.807, 2.05) is 13.8 Å². The van der Waals surface area contributed by atoms with Gasteiger partial charge in [0.1, 0.15) is 5.01 Å². The molecule has 3 nitrogen and oxygen atoms in total. The molecule has 3 rings (SSSR count). The monoisotopic (exact) mass is 266 g/mol. The van der Waals surface area contributed by atoms with Crippen molar-refractivity contribution in [1.82, 2.24) is 9.88 Å². The molecule has 2 aliphatic rings. The summed E-state index contributed by atoms with van der Waals surface area (Å²) < 4.78 is 0. The van der Waals surface area contributed by atoms with E-state index < -0.39 is 5.60 Å². The number of hydrogen-bond acceptors (Lipinski definition) is 4. The van der Waals surface area contributed by atoms with Crippen LogP contribution < -0.4 is 0 Å². The Morgan fingerprint density at radius 2 is 2.00 bits per heavy atom. The second kappa shape index (κ2) is 4.58. The van der Waals surface area contributed by atoms with Crippen LogP contribution in [0.2, 0.25) is 0 Å². The van der Waals surface area contributed by atoms with E-state index in [4.69, 9.17) is 4.98 Å². The van der Waals surface area contributed by atoms with Gasteiger partial charge in [0.25, 0.3) is 0 Å². The molecular formula is C14H22N2OS. The second-order valence-corrected chi connectivity index (χ2v) is 7.22. The van der Waals surface area contributed by atoms with Gasteiger partial charge in [0.2, 0.25) is 0 Å². The van der Waals surface area contributed by atoms with Gasteiger partial charge in [0, 0.05) is 5.92 Å². The van der Waals surface area contributed by atoms with Gasteiger partial charge in [-0.3, -0.25) is 4.90 Å². The minimum Gasteiger partial charge on any atom is -0.385 e. The van der Waals surface area contributed by atoms with Crippen molar-refractivity contribution in [2.75, 3.05) is 13.1 Å². The first kappa shape index (κ1) is 12.6. The van der Waals surface area contributed by atoms with Crippen molar-refractivity contribution in [3.8, 4) is 0 Å². The second-order valence-electron chi connectivity index (χ2n) is 6.14. The fraction of sp³-hybridized carbons (Fsp3) is 0.786. The molecule has 1 aromatic rings. The SMILES string of the molecule is CC(C)(O)c1sc(CN2CCCC2)nc1C1CC1. The van der Waals surface area contributed by atoms with Gasteiger partial charge in [-0.25, -0.2) is 4.98 Å². The highest BCUT2D eigenvalue weighted by Gasteiger charge is 2.34. The third kappa shape index (κ3) is 2.60. The van der Waals surface area contributed by atoms with Crippen LogP contribution in [-0.2, 0) is 12.1 Å². The average molecular weight is 266 g/mol. The zero-order valence-corrected chi connectivity index (χ0v) is 12.1. The van der Waals surface area contributed by atoms with E-state index >= 15 is 0 Å². The molecule has 1 aromatic heterocycles. The van der Waals surface area contributed by atoms with Crippen molar-refractivity contribution in [2.45, 2.75) is 57.6 Å². The quantitative estimate of drug-likeness (QED) is 0.910. The normalized spacial score (nSPS) is 21.7. The fourth-order valence-electron chi connectivity index (χ4n) is 2.65. The van der Waals surface area contributed by atoms with E-state index in [-0.39, 0.29) is 0 Å². The molecule has 2 heterocycles. The van der Waals surface area contributed by atoms with E-state index in [2.05, 4.69) is 4.90 Å². The Morgan fingerprint density at radius 1 is 1.33 bits per heavy atom. The summed E-state index contributed by atoms with van der Waals surface area (Å²) in [6.45, 7) is 7.14. The molecule has 1 saturated heterocycles. The average Bonchev–Trinajstić information content (AvgIpc) is 2.84. The van der Waals surface area contributed by atoms with Crippen molar-refractivity contribution in [1.29, 1.82) is 0 Å². The molecule has 0 radical (unpaired) electrons. The maximum absolute atomic E-state index is 10.3. The highest BCUT2D eigenvalue weighted by Crippen LogP contribution is 2.45. The topological polar surface area (TPSA) is 36.4 Å². The Kier molecular flexibility index (Phi) is 3.20. The molecule has 2 fully saturated rings. The van der Waals surface area contributed by atoms with Gasteiger partial charge < -0.3 is 5.11 Å². The zero-order chi connectivity index (χ0) is 12.8. The zero-order valence-electron chi connectivity index (χ0n) is 11.3. The fourth-order valence-corrected chi connectivity index (χ4v) is 3.84. The first-order chi connectivity index (χ1) is 8.54. The van der Waals surface area contributed by atoms with Gasteiger partial charge in [0.05, 0.1) is 22.7 Å². The van der Waals surface area contributed by atoms with E-state index in [0.717, 1.165) is 11.4 Å². The lowest BCUT2D eigenvalue weighted by Gasteiger charge is -2.16. The van der Waals surface area contributed by atoms with Crippen LogP contribution in [0, 0.1) is 0 Å². The van der Waals surface area contributed by atoms with Crippen LogP contribution in [0.25, 0.3) is 0 Å². The molecule has 1 aliphatic heterocycles. The van der Waals surface area contributed by atoms with E-state index in [1.54, 1.807) is 11.3 Å². The molecule has 0 spiro atoms. The van der Waals surface area contributed by atoms with Gasteiger partial charge in [-0.1, -0.05) is 0 Å². The van der Waals surface area contributed by atoms with Gasteiger partial charge in [0.15, 0.2) is 0 Å². The lowest BCUT2D eigenvalue weighted by atomic mass is 10.0. The van der Waals surface area contributed by atoms with Crippen molar-refractivity contribution in [3.05, 3.63) is 15.6 Å². The van der Waals surface area contributed by atoms with Crippen molar-refractivity contribution in [3.63, 3.8) is 0 Å². The molecule has 0 unspecified atom stereocenters. The molecule has 18 heavy (non-hydrogen) atoms. The van der Waals surface area contributed by atoms with Crippen molar-refractivity contribution < 1.29 is 5.11 Å². The van der Waals surface area contributed by atoms with Crippen LogP contribution in [0.4, 0.5) is 0 Å². The van der Waals surface area contributed by atoms with Crippen LogP contribution in [0.3, 0.4) is 0 Å². The third-order valence-electron chi connectivity index (χ3n) is 3.77. The maximum atomic E-state index is 10.3. The van der Waals surface area contributed by atoms with Gasteiger partial charge in [-0.2, -0.15) is 0 Å². The smallest absolute Gasteiger partial charge is 0.107 e. The lowest BCUT2D eigenvalue weighted by Crippen LogP contribution is -2.18. The Bertz CT molecular complexity index is 425. The number of nitrogens with zero attached hydrogens (tertiary/aromatic N) is 2. The summed E-state index contributed by atoms with van der Waals surface area (Å²) in [6, 6.07) is 0. The maximum Gasteiger partial charge on any atom is 0.107 e. The molecule has 1 N–H and O–H groups in total. The lowest BCUT2D eigenvalue weighted by molar-refractivity contribution is 0.0813. The van der Waals surface area contributed by atoms with Crippen LogP contribution in [0.5, 0.6) is 0 Å². The Labute approximate surface area is 113 Å². The number of hydrogen-bond donors (Lipinski definition) is 1. The third-order valence-corrected chi connectivity index (χ3v) is 5.14. The van der Waals surface area contributed by atoms with E-state index in [9.17, 15) is 5.11 Å². The van der Waals surface area contributed by atoms with Gasteiger partial charge >= 0.3 is 0 Å². The first-order valence-corrected chi connectivity index (χ1v) is 7.80. The molecule has 0 atom stereocenters. The molecule has 0 aromatic carbocycles. The number of thiazole rings is 1. The molecular weight excluding hydrogens is 244 g/mol. The largest absolute Gasteiger partial charge is 0.385 e. The predicted octanol–water partition coefficient (Wildman–Crippen LogP) is 2.84. The standard InChI is InChI=1S/C14H22N2OS/c1-14(2,17)13-12(10-5-6-10)15-11(18-13)9-16-7-3-4-8-16/h10,17H,3-9H2,1-2H3. The Balaban J connectivity index is 1.82. The molecule has 0 amide bonds. The van der Waals surface area contributed by atoms with Crippen LogP contribution >= 0.6 is 11.3 Å².